The fourth-order valence-corrected chi connectivity index (χ4v) is 4.72. The number of carbonyl (C=O) groups is 2. The normalized spacial score (nSPS) is 15.4. The summed E-state index contributed by atoms with van der Waals surface area (Å²) in [6, 6.07) is 13.6. The van der Waals surface area contributed by atoms with Gasteiger partial charge in [-0.1, -0.05) is 18.2 Å². The van der Waals surface area contributed by atoms with Crippen LogP contribution in [0.3, 0.4) is 0 Å². The van der Waals surface area contributed by atoms with Gasteiger partial charge in [-0.15, -0.1) is 0 Å². The van der Waals surface area contributed by atoms with Crippen LogP contribution in [0.25, 0.3) is 0 Å². The Bertz CT molecular complexity index is 989. The summed E-state index contributed by atoms with van der Waals surface area (Å²) in [6.45, 7) is 0.599. The van der Waals surface area contributed by atoms with Crippen LogP contribution in [0, 0.1) is 0 Å². The standard InChI is InChI=1S/C20H23N3O5S/c1-28-18-7-3-2-6-15(18)14-21-19(24)20(25)22-16-8-10-17(11-9-16)23-12-4-5-13-29(23,26)27/h2-3,6-11H,4-5,12-14H2,1H3,(H,21,24)(H,22,25). The molecule has 2 aromatic rings. The molecule has 1 fully saturated rings. The Morgan fingerprint density at radius 1 is 1.03 bits per heavy atom. The van der Waals surface area contributed by atoms with Gasteiger partial charge in [-0.05, 0) is 43.2 Å². The van der Waals surface area contributed by atoms with Crippen LogP contribution >= 0.6 is 0 Å². The van der Waals surface area contributed by atoms with Crippen molar-refractivity contribution >= 4 is 33.2 Å². The molecule has 8 nitrogen and oxygen atoms in total. The average molecular weight is 417 g/mol. The van der Waals surface area contributed by atoms with Crippen LogP contribution in [0.2, 0.25) is 0 Å². The Kier molecular flexibility index (Phi) is 6.38. The first-order chi connectivity index (χ1) is 13.9. The molecule has 1 heterocycles. The van der Waals surface area contributed by atoms with Crippen LogP contribution in [0.15, 0.2) is 48.5 Å². The lowest BCUT2D eigenvalue weighted by Crippen LogP contribution is -2.37. The number of amides is 2. The second-order valence-corrected chi connectivity index (χ2v) is 8.60. The van der Waals surface area contributed by atoms with E-state index >= 15 is 0 Å². The van der Waals surface area contributed by atoms with E-state index in [1.807, 2.05) is 12.1 Å². The maximum atomic E-state index is 12.2. The molecule has 0 aliphatic carbocycles. The summed E-state index contributed by atoms with van der Waals surface area (Å²) >= 11 is 0. The largest absolute Gasteiger partial charge is 0.496 e. The van der Waals surface area contributed by atoms with Crippen LogP contribution in [-0.4, -0.2) is 39.6 Å². The maximum Gasteiger partial charge on any atom is 0.313 e. The lowest BCUT2D eigenvalue weighted by Gasteiger charge is -2.28. The molecule has 0 aromatic heterocycles. The van der Waals surface area contributed by atoms with Gasteiger partial charge in [0.25, 0.3) is 0 Å². The predicted molar refractivity (Wildman–Crippen MR) is 110 cm³/mol. The summed E-state index contributed by atoms with van der Waals surface area (Å²) in [4.78, 5) is 24.2. The van der Waals surface area contributed by atoms with Gasteiger partial charge in [-0.3, -0.25) is 13.9 Å². The summed E-state index contributed by atoms with van der Waals surface area (Å²) in [7, 11) is -1.76. The van der Waals surface area contributed by atoms with Gasteiger partial charge in [0, 0.05) is 24.3 Å². The highest BCUT2D eigenvalue weighted by Crippen LogP contribution is 2.25. The third kappa shape index (κ3) is 5.05. The number of hydrogen-bond donors (Lipinski definition) is 2. The minimum atomic E-state index is -3.29. The van der Waals surface area contributed by atoms with Crippen molar-refractivity contribution in [2.24, 2.45) is 0 Å². The molecule has 0 saturated carbocycles. The molecule has 154 valence electrons. The molecule has 9 heteroatoms. The Hall–Kier alpha value is -3.07. The van der Waals surface area contributed by atoms with Crippen LogP contribution < -0.4 is 19.7 Å². The SMILES string of the molecule is COc1ccccc1CNC(=O)C(=O)Nc1ccc(N2CCCCS2(=O)=O)cc1. The molecular formula is C20H23N3O5S. The zero-order valence-electron chi connectivity index (χ0n) is 16.1. The molecule has 1 aliphatic heterocycles. The molecule has 0 spiro atoms. The summed E-state index contributed by atoms with van der Waals surface area (Å²) in [5.74, 6) is -0.828. The summed E-state index contributed by atoms with van der Waals surface area (Å²) in [5, 5.41) is 5.06. The first-order valence-corrected chi connectivity index (χ1v) is 10.8. The Labute approximate surface area is 169 Å². The van der Waals surface area contributed by atoms with E-state index < -0.39 is 21.8 Å². The number of carbonyl (C=O) groups excluding carboxylic acids is 2. The Morgan fingerprint density at radius 3 is 2.45 bits per heavy atom. The highest BCUT2D eigenvalue weighted by Gasteiger charge is 2.26. The molecule has 1 saturated heterocycles. The van der Waals surface area contributed by atoms with Crippen molar-refractivity contribution in [3.05, 3.63) is 54.1 Å². The van der Waals surface area contributed by atoms with Gasteiger partial charge in [-0.2, -0.15) is 0 Å². The third-order valence-electron chi connectivity index (χ3n) is 4.60. The van der Waals surface area contributed by atoms with Gasteiger partial charge >= 0.3 is 11.8 Å². The van der Waals surface area contributed by atoms with Gasteiger partial charge in [0.2, 0.25) is 10.0 Å². The minimum Gasteiger partial charge on any atom is -0.496 e. The molecule has 1 aliphatic rings. The lowest BCUT2D eigenvalue weighted by atomic mass is 10.2. The maximum absolute atomic E-state index is 12.2. The van der Waals surface area contributed by atoms with Gasteiger partial charge in [0.05, 0.1) is 18.6 Å². The van der Waals surface area contributed by atoms with Crippen molar-refractivity contribution in [3.63, 3.8) is 0 Å². The molecular weight excluding hydrogens is 394 g/mol. The zero-order chi connectivity index (χ0) is 20.9. The predicted octanol–water partition coefficient (Wildman–Crippen LogP) is 1.88. The van der Waals surface area contributed by atoms with E-state index in [0.29, 0.717) is 30.1 Å². The van der Waals surface area contributed by atoms with E-state index in [9.17, 15) is 18.0 Å². The average Bonchev–Trinajstić information content (AvgIpc) is 2.72. The molecule has 3 rings (SSSR count). The molecule has 2 N–H and O–H groups in total. The van der Waals surface area contributed by atoms with Crippen LogP contribution in [0.1, 0.15) is 18.4 Å². The minimum absolute atomic E-state index is 0.137. The van der Waals surface area contributed by atoms with Crippen LogP contribution in [-0.2, 0) is 26.2 Å². The number of para-hydroxylation sites is 1. The molecule has 2 amide bonds. The van der Waals surface area contributed by atoms with Gasteiger partial charge in [-0.25, -0.2) is 8.42 Å². The third-order valence-corrected chi connectivity index (χ3v) is 6.47. The monoisotopic (exact) mass is 417 g/mol. The van der Waals surface area contributed by atoms with E-state index in [-0.39, 0.29) is 12.3 Å². The van der Waals surface area contributed by atoms with Crippen molar-refractivity contribution < 1.29 is 22.7 Å². The number of benzene rings is 2. The highest BCUT2D eigenvalue weighted by molar-refractivity contribution is 7.92. The lowest BCUT2D eigenvalue weighted by molar-refractivity contribution is -0.136. The molecule has 0 bridgehead atoms. The molecule has 29 heavy (non-hydrogen) atoms. The van der Waals surface area contributed by atoms with E-state index in [2.05, 4.69) is 10.6 Å². The zero-order valence-corrected chi connectivity index (χ0v) is 16.9. The second-order valence-electron chi connectivity index (χ2n) is 6.59. The van der Waals surface area contributed by atoms with Crippen molar-refractivity contribution in [2.45, 2.75) is 19.4 Å². The van der Waals surface area contributed by atoms with E-state index in [1.54, 1.807) is 36.4 Å². The first kappa shape index (κ1) is 20.7. The van der Waals surface area contributed by atoms with E-state index in [0.717, 1.165) is 12.0 Å². The van der Waals surface area contributed by atoms with Crippen LogP contribution in [0.4, 0.5) is 11.4 Å². The number of anilines is 2. The molecule has 0 unspecified atom stereocenters. The Balaban J connectivity index is 1.58. The number of methoxy groups -OCH3 is 1. The summed E-state index contributed by atoms with van der Waals surface area (Å²) < 4.78 is 30.9. The quantitative estimate of drug-likeness (QED) is 0.723. The fraction of sp³-hybridized carbons (Fsp3) is 0.300. The molecule has 0 radical (unpaired) electrons. The Morgan fingerprint density at radius 2 is 1.76 bits per heavy atom. The number of nitrogens with zero attached hydrogens (tertiary/aromatic N) is 1. The smallest absolute Gasteiger partial charge is 0.313 e. The van der Waals surface area contributed by atoms with Crippen molar-refractivity contribution in [1.29, 1.82) is 0 Å². The van der Waals surface area contributed by atoms with Crippen molar-refractivity contribution in [3.8, 4) is 5.75 Å². The van der Waals surface area contributed by atoms with Crippen molar-refractivity contribution in [2.75, 3.05) is 29.0 Å². The molecule has 0 atom stereocenters. The highest BCUT2D eigenvalue weighted by atomic mass is 32.2. The number of ether oxygens (including phenoxy) is 1. The van der Waals surface area contributed by atoms with Gasteiger partial charge in [0.1, 0.15) is 5.75 Å². The molecule has 2 aromatic carbocycles. The summed E-state index contributed by atoms with van der Waals surface area (Å²) in [6.07, 6.45) is 1.47. The second kappa shape index (κ2) is 8.95. The number of hydrogen-bond acceptors (Lipinski definition) is 5. The van der Waals surface area contributed by atoms with E-state index in [1.165, 1.54) is 11.4 Å². The summed E-state index contributed by atoms with van der Waals surface area (Å²) in [5.41, 5.74) is 1.70. The van der Waals surface area contributed by atoms with Gasteiger partial charge < -0.3 is 15.4 Å². The fourth-order valence-electron chi connectivity index (χ4n) is 3.08. The number of nitrogens with one attached hydrogen (secondary N) is 2. The number of rotatable bonds is 5. The van der Waals surface area contributed by atoms with Crippen LogP contribution in [0.5, 0.6) is 5.75 Å². The van der Waals surface area contributed by atoms with Crippen molar-refractivity contribution in [1.82, 2.24) is 5.32 Å². The topological polar surface area (TPSA) is 105 Å². The van der Waals surface area contributed by atoms with E-state index in [4.69, 9.17) is 4.74 Å². The van der Waals surface area contributed by atoms with Gasteiger partial charge in [0.15, 0.2) is 0 Å². The first-order valence-electron chi connectivity index (χ1n) is 9.22. The number of sulfonamides is 1.